The second kappa shape index (κ2) is 5.83. The molecule has 20 heavy (non-hydrogen) atoms. The lowest BCUT2D eigenvalue weighted by Gasteiger charge is -2.08. The highest BCUT2D eigenvalue weighted by Crippen LogP contribution is 2.14. The fraction of sp³-hybridized carbons (Fsp3) is 0.214. The van der Waals surface area contributed by atoms with Crippen LogP contribution in [0.15, 0.2) is 30.0 Å². The number of esters is 1. The Morgan fingerprint density at radius 3 is 2.55 bits per heavy atom. The zero-order valence-electron chi connectivity index (χ0n) is 11.2. The Hall–Kier alpha value is -2.21. The molecule has 1 aromatic rings. The summed E-state index contributed by atoms with van der Waals surface area (Å²) in [5.74, 6) is -0.535. The molecule has 1 N–H and O–H groups in total. The van der Waals surface area contributed by atoms with Crippen molar-refractivity contribution in [2.75, 3.05) is 13.7 Å². The minimum atomic E-state index is -0.391. The van der Waals surface area contributed by atoms with Crippen LogP contribution in [0.4, 0.5) is 0 Å². The molecule has 1 aromatic carbocycles. The van der Waals surface area contributed by atoms with Crippen LogP contribution < -0.4 is 5.32 Å². The van der Waals surface area contributed by atoms with Gasteiger partial charge in [0.05, 0.1) is 12.7 Å². The van der Waals surface area contributed by atoms with Crippen molar-refractivity contribution >= 4 is 35.3 Å². The molecule has 0 atom stereocenters. The van der Waals surface area contributed by atoms with Gasteiger partial charge in [0, 0.05) is 6.54 Å². The van der Waals surface area contributed by atoms with Gasteiger partial charge in [-0.15, -0.1) is 0 Å². The Labute approximate surface area is 122 Å². The van der Waals surface area contributed by atoms with Crippen molar-refractivity contribution in [1.82, 2.24) is 10.2 Å². The molecule has 6 heteroatoms. The highest BCUT2D eigenvalue weighted by Gasteiger charge is 2.28. The van der Waals surface area contributed by atoms with Gasteiger partial charge in [0.15, 0.2) is 5.11 Å². The average molecular weight is 290 g/mol. The minimum absolute atomic E-state index is 0.144. The van der Waals surface area contributed by atoms with Crippen molar-refractivity contribution in [2.24, 2.45) is 0 Å². The summed E-state index contributed by atoms with van der Waals surface area (Å²) in [6.07, 6.45) is 1.70. The summed E-state index contributed by atoms with van der Waals surface area (Å²) in [5, 5.41) is 3.29. The molecule has 1 saturated heterocycles. The molecule has 104 valence electrons. The number of nitrogens with zero attached hydrogens (tertiary/aromatic N) is 1. The summed E-state index contributed by atoms with van der Waals surface area (Å²) in [6.45, 7) is 2.39. The summed E-state index contributed by atoms with van der Waals surface area (Å²) < 4.78 is 4.62. The number of carbonyl (C=O) groups is 2. The maximum absolute atomic E-state index is 12.0. The van der Waals surface area contributed by atoms with E-state index in [1.54, 1.807) is 30.3 Å². The van der Waals surface area contributed by atoms with Gasteiger partial charge >= 0.3 is 5.97 Å². The van der Waals surface area contributed by atoms with Gasteiger partial charge in [-0.2, -0.15) is 0 Å². The fourth-order valence-electron chi connectivity index (χ4n) is 1.86. The first-order valence-corrected chi connectivity index (χ1v) is 6.50. The van der Waals surface area contributed by atoms with Crippen LogP contribution in [0.25, 0.3) is 6.08 Å². The number of hydrogen-bond donors (Lipinski definition) is 1. The van der Waals surface area contributed by atoms with Crippen LogP contribution in [0, 0.1) is 0 Å². The lowest BCUT2D eigenvalue weighted by Crippen LogP contribution is -2.30. The number of carbonyl (C=O) groups excluding carboxylic acids is 2. The van der Waals surface area contributed by atoms with Crippen LogP contribution in [-0.4, -0.2) is 35.5 Å². The van der Waals surface area contributed by atoms with E-state index in [9.17, 15) is 9.59 Å². The molecule has 1 fully saturated rings. The first kappa shape index (κ1) is 14.2. The predicted molar refractivity (Wildman–Crippen MR) is 78.9 cm³/mol. The zero-order valence-corrected chi connectivity index (χ0v) is 12.0. The Morgan fingerprint density at radius 2 is 2.05 bits per heavy atom. The Morgan fingerprint density at radius 1 is 1.40 bits per heavy atom. The maximum atomic E-state index is 12.0. The van der Waals surface area contributed by atoms with Gasteiger partial charge in [0.2, 0.25) is 0 Å². The van der Waals surface area contributed by atoms with E-state index in [0.29, 0.717) is 22.9 Å². The zero-order chi connectivity index (χ0) is 14.7. The van der Waals surface area contributed by atoms with Crippen molar-refractivity contribution in [1.29, 1.82) is 0 Å². The maximum Gasteiger partial charge on any atom is 0.337 e. The molecule has 1 amide bonds. The number of hydrogen-bond acceptors (Lipinski definition) is 4. The van der Waals surface area contributed by atoms with Gasteiger partial charge in [-0.25, -0.2) is 4.79 Å². The molecule has 1 aliphatic heterocycles. The van der Waals surface area contributed by atoms with E-state index < -0.39 is 5.97 Å². The monoisotopic (exact) mass is 290 g/mol. The molecule has 0 bridgehead atoms. The molecule has 1 aliphatic rings. The van der Waals surface area contributed by atoms with E-state index in [1.165, 1.54) is 12.0 Å². The van der Waals surface area contributed by atoms with E-state index in [1.807, 2.05) is 6.92 Å². The molecule has 0 radical (unpaired) electrons. The third-order valence-electron chi connectivity index (χ3n) is 2.92. The summed E-state index contributed by atoms with van der Waals surface area (Å²) >= 11 is 5.07. The van der Waals surface area contributed by atoms with Crippen LogP contribution in [-0.2, 0) is 9.53 Å². The largest absolute Gasteiger partial charge is 0.465 e. The number of ether oxygens (including phenoxy) is 1. The number of amides is 1. The molecular formula is C14H14N2O3S. The highest BCUT2D eigenvalue weighted by molar-refractivity contribution is 7.80. The van der Waals surface area contributed by atoms with Crippen LogP contribution in [0.2, 0.25) is 0 Å². The molecule has 0 spiro atoms. The van der Waals surface area contributed by atoms with Crippen molar-refractivity contribution in [3.05, 3.63) is 41.1 Å². The molecule has 2 rings (SSSR count). The van der Waals surface area contributed by atoms with Gasteiger partial charge in [-0.3, -0.25) is 9.69 Å². The lowest BCUT2D eigenvalue weighted by atomic mass is 10.1. The first-order valence-electron chi connectivity index (χ1n) is 6.09. The summed E-state index contributed by atoms with van der Waals surface area (Å²) in [6, 6.07) is 6.78. The SMILES string of the molecule is CCN1C(=O)C(=Cc2ccc(C(=O)OC)cc2)NC1=S. The quantitative estimate of drug-likeness (QED) is 0.520. The standard InChI is InChI=1S/C14H14N2O3S/c1-3-16-12(17)11(15-14(16)20)8-9-4-6-10(7-5-9)13(18)19-2/h4-8H,3H2,1-2H3,(H,15,20). The number of thiocarbonyl (C=S) groups is 1. The van der Waals surface area contributed by atoms with Crippen molar-refractivity contribution in [3.8, 4) is 0 Å². The third-order valence-corrected chi connectivity index (χ3v) is 3.24. The third kappa shape index (κ3) is 2.70. The van der Waals surface area contributed by atoms with E-state index >= 15 is 0 Å². The predicted octanol–water partition coefficient (Wildman–Crippen LogP) is 1.55. The highest BCUT2D eigenvalue weighted by atomic mass is 32.1. The molecule has 0 aliphatic carbocycles. The summed E-state index contributed by atoms with van der Waals surface area (Å²) in [4.78, 5) is 24.8. The number of methoxy groups -OCH3 is 1. The number of benzene rings is 1. The van der Waals surface area contributed by atoms with Crippen LogP contribution in [0.3, 0.4) is 0 Å². The average Bonchev–Trinajstić information content (AvgIpc) is 2.73. The van der Waals surface area contributed by atoms with E-state index in [0.717, 1.165) is 5.56 Å². The molecule has 1 heterocycles. The molecule has 0 unspecified atom stereocenters. The van der Waals surface area contributed by atoms with Crippen molar-refractivity contribution < 1.29 is 14.3 Å². The Bertz CT molecular complexity index is 593. The molecular weight excluding hydrogens is 276 g/mol. The number of nitrogens with one attached hydrogen (secondary N) is 1. The van der Waals surface area contributed by atoms with Crippen LogP contribution >= 0.6 is 12.2 Å². The first-order chi connectivity index (χ1) is 9.56. The van der Waals surface area contributed by atoms with E-state index in [2.05, 4.69) is 10.1 Å². The molecule has 0 saturated carbocycles. The van der Waals surface area contributed by atoms with Crippen molar-refractivity contribution in [3.63, 3.8) is 0 Å². The Balaban J connectivity index is 2.22. The van der Waals surface area contributed by atoms with Gasteiger partial charge in [-0.05, 0) is 42.9 Å². The fourth-order valence-corrected chi connectivity index (χ4v) is 2.18. The number of likely N-dealkylation sites (N-methyl/N-ethyl adjacent to an activating group) is 1. The lowest BCUT2D eigenvalue weighted by molar-refractivity contribution is -0.122. The van der Waals surface area contributed by atoms with Crippen LogP contribution in [0.1, 0.15) is 22.8 Å². The summed E-state index contributed by atoms with van der Waals surface area (Å²) in [7, 11) is 1.33. The van der Waals surface area contributed by atoms with Crippen molar-refractivity contribution in [2.45, 2.75) is 6.92 Å². The van der Waals surface area contributed by atoms with Gasteiger partial charge in [0.1, 0.15) is 5.70 Å². The smallest absolute Gasteiger partial charge is 0.337 e. The second-order valence-corrected chi connectivity index (χ2v) is 4.54. The number of rotatable bonds is 3. The van der Waals surface area contributed by atoms with Crippen LogP contribution in [0.5, 0.6) is 0 Å². The Kier molecular flexibility index (Phi) is 4.14. The van der Waals surface area contributed by atoms with Gasteiger partial charge < -0.3 is 10.1 Å². The summed E-state index contributed by atoms with van der Waals surface area (Å²) in [5.41, 5.74) is 1.70. The minimum Gasteiger partial charge on any atom is -0.465 e. The second-order valence-electron chi connectivity index (χ2n) is 4.15. The molecule has 0 aromatic heterocycles. The normalized spacial score (nSPS) is 16.5. The topological polar surface area (TPSA) is 58.6 Å². The molecule has 5 nitrogen and oxygen atoms in total. The van der Waals surface area contributed by atoms with Gasteiger partial charge in [0.25, 0.3) is 5.91 Å². The van der Waals surface area contributed by atoms with E-state index in [4.69, 9.17) is 12.2 Å². The van der Waals surface area contributed by atoms with Gasteiger partial charge in [-0.1, -0.05) is 12.1 Å². The van der Waals surface area contributed by atoms with E-state index in [-0.39, 0.29) is 5.91 Å².